The molecular formula is C11H19Cl3OSi. The largest absolute Gasteiger partial charge is 0.341 e. The number of carbonyl (C=O) groups is 1. The molecule has 0 fully saturated rings. The van der Waals surface area contributed by atoms with Gasteiger partial charge in [0.15, 0.2) is 0 Å². The van der Waals surface area contributed by atoms with Crippen molar-refractivity contribution in [3.8, 4) is 0 Å². The van der Waals surface area contributed by atoms with Gasteiger partial charge in [-0.05, 0) is 25.0 Å². The van der Waals surface area contributed by atoms with Gasteiger partial charge in [0.25, 0.3) is 0 Å². The van der Waals surface area contributed by atoms with Gasteiger partial charge in [0.1, 0.15) is 6.29 Å². The molecule has 0 aliphatic heterocycles. The molecule has 0 heterocycles. The summed E-state index contributed by atoms with van der Waals surface area (Å²) < 4.78 is 0. The summed E-state index contributed by atoms with van der Waals surface area (Å²) in [6.45, 7) is 0. The molecule has 0 aromatic carbocycles. The van der Waals surface area contributed by atoms with E-state index in [4.69, 9.17) is 33.2 Å². The summed E-state index contributed by atoms with van der Waals surface area (Å²) in [5.74, 6) is 0. The van der Waals surface area contributed by atoms with Crippen LogP contribution in [0.4, 0.5) is 0 Å². The number of carbonyl (C=O) groups excluding carboxylic acids is 1. The maximum atomic E-state index is 9.98. The molecular weight excluding hydrogens is 283 g/mol. The molecule has 16 heavy (non-hydrogen) atoms. The molecule has 0 spiro atoms. The van der Waals surface area contributed by atoms with Gasteiger partial charge in [-0.15, -0.1) is 33.2 Å². The van der Waals surface area contributed by atoms with Crippen LogP contribution >= 0.6 is 33.2 Å². The third-order valence-electron chi connectivity index (χ3n) is 2.30. The Morgan fingerprint density at radius 2 is 1.44 bits per heavy atom. The summed E-state index contributed by atoms with van der Waals surface area (Å²) in [5, 5.41) is 0. The average molecular weight is 302 g/mol. The van der Waals surface area contributed by atoms with Crippen molar-refractivity contribution in [2.45, 2.75) is 51.0 Å². The molecule has 0 saturated heterocycles. The monoisotopic (exact) mass is 300 g/mol. The first-order chi connectivity index (χ1) is 7.56. The normalized spacial score (nSPS) is 12.2. The number of rotatable bonds is 10. The van der Waals surface area contributed by atoms with Crippen LogP contribution in [0, 0.1) is 0 Å². The van der Waals surface area contributed by atoms with Gasteiger partial charge in [-0.2, -0.15) is 0 Å². The second kappa shape index (κ2) is 10.6. The third kappa shape index (κ3) is 14.5. The zero-order valence-electron chi connectivity index (χ0n) is 9.43. The summed E-state index contributed by atoms with van der Waals surface area (Å²) in [6, 6.07) is -1.60. The summed E-state index contributed by atoms with van der Waals surface area (Å²) in [7, 11) is 0. The molecule has 0 unspecified atom stereocenters. The lowest BCUT2D eigenvalue weighted by molar-refractivity contribution is -0.104. The van der Waals surface area contributed by atoms with Crippen LogP contribution in [0.5, 0.6) is 0 Å². The Hall–Kier alpha value is 0.497. The van der Waals surface area contributed by atoms with Crippen molar-refractivity contribution in [1.82, 2.24) is 0 Å². The van der Waals surface area contributed by atoms with Gasteiger partial charge in [0.05, 0.1) is 0 Å². The van der Waals surface area contributed by atoms with Gasteiger partial charge in [-0.25, -0.2) is 0 Å². The standard InChI is InChI=1S/C11H19Cl3OSi/c12-16(13,14)11-9-7-5-3-1-2-4-6-8-10-15/h6,8,10H,1-5,7,9,11H2. The quantitative estimate of drug-likeness (QED) is 0.180. The van der Waals surface area contributed by atoms with Crippen LogP contribution in [-0.4, -0.2) is 12.3 Å². The van der Waals surface area contributed by atoms with Gasteiger partial charge in [0.2, 0.25) is 0 Å². The lowest BCUT2D eigenvalue weighted by Gasteiger charge is -2.06. The maximum Gasteiger partial charge on any atom is 0.341 e. The van der Waals surface area contributed by atoms with Gasteiger partial charge in [-0.1, -0.05) is 38.2 Å². The minimum atomic E-state index is -2.37. The highest BCUT2D eigenvalue weighted by Crippen LogP contribution is 2.27. The van der Waals surface area contributed by atoms with Crippen molar-refractivity contribution in [3.05, 3.63) is 12.2 Å². The van der Waals surface area contributed by atoms with Crippen LogP contribution in [0.2, 0.25) is 6.04 Å². The minimum absolute atomic E-state index is 0.778. The lowest BCUT2D eigenvalue weighted by atomic mass is 10.1. The Bertz CT molecular complexity index is 202. The van der Waals surface area contributed by atoms with Crippen molar-refractivity contribution in [3.63, 3.8) is 0 Å². The highest BCUT2D eigenvalue weighted by molar-refractivity contribution is 7.64. The maximum absolute atomic E-state index is 9.98. The van der Waals surface area contributed by atoms with E-state index in [1.807, 2.05) is 6.08 Å². The predicted molar refractivity (Wildman–Crippen MR) is 75.6 cm³/mol. The molecule has 0 rings (SSSR count). The fourth-order valence-corrected chi connectivity index (χ4v) is 3.30. The Balaban J connectivity index is 3.10. The van der Waals surface area contributed by atoms with E-state index in [0.29, 0.717) is 0 Å². The first-order valence-electron chi connectivity index (χ1n) is 5.73. The molecule has 0 N–H and O–H groups in total. The molecule has 0 aliphatic carbocycles. The van der Waals surface area contributed by atoms with E-state index in [1.165, 1.54) is 19.3 Å². The van der Waals surface area contributed by atoms with Crippen LogP contribution in [-0.2, 0) is 4.79 Å². The molecule has 94 valence electrons. The Morgan fingerprint density at radius 3 is 2.00 bits per heavy atom. The van der Waals surface area contributed by atoms with E-state index in [-0.39, 0.29) is 0 Å². The SMILES string of the molecule is O=CC=CCCCCCCCC[Si](Cl)(Cl)Cl. The van der Waals surface area contributed by atoms with Crippen molar-refractivity contribution in [2.24, 2.45) is 0 Å². The predicted octanol–water partition coefficient (Wildman–Crippen LogP) is 5.13. The first kappa shape index (κ1) is 16.5. The molecule has 0 radical (unpaired) electrons. The number of unbranched alkanes of at least 4 members (excludes halogenated alkanes) is 6. The minimum Gasteiger partial charge on any atom is -0.299 e. The van der Waals surface area contributed by atoms with E-state index in [2.05, 4.69) is 0 Å². The highest BCUT2D eigenvalue weighted by atomic mass is 35.8. The van der Waals surface area contributed by atoms with E-state index >= 15 is 0 Å². The molecule has 0 saturated carbocycles. The first-order valence-corrected chi connectivity index (χ1v) is 11.0. The summed E-state index contributed by atoms with van der Waals surface area (Å²) >= 11 is 17.3. The second-order valence-corrected chi connectivity index (χ2v) is 13.1. The van der Waals surface area contributed by atoms with Gasteiger partial charge >= 0.3 is 6.00 Å². The van der Waals surface area contributed by atoms with Crippen molar-refractivity contribution >= 4 is 45.5 Å². The van der Waals surface area contributed by atoms with Crippen molar-refractivity contribution in [1.29, 1.82) is 0 Å². The second-order valence-electron chi connectivity index (χ2n) is 3.84. The van der Waals surface area contributed by atoms with Crippen LogP contribution < -0.4 is 0 Å². The smallest absolute Gasteiger partial charge is 0.299 e. The zero-order chi connectivity index (χ0) is 12.3. The lowest BCUT2D eigenvalue weighted by Crippen LogP contribution is -2.07. The van der Waals surface area contributed by atoms with Crippen LogP contribution in [0.25, 0.3) is 0 Å². The third-order valence-corrected chi connectivity index (χ3v) is 4.92. The summed E-state index contributed by atoms with van der Waals surface area (Å²) in [5.41, 5.74) is 0. The topological polar surface area (TPSA) is 17.1 Å². The number of hydrogen-bond acceptors (Lipinski definition) is 1. The number of allylic oxidation sites excluding steroid dienone is 2. The fraction of sp³-hybridized carbons (Fsp3) is 0.727. The summed E-state index contributed by atoms with van der Waals surface area (Å²) in [6.07, 6.45) is 12.3. The van der Waals surface area contributed by atoms with Crippen LogP contribution in [0.3, 0.4) is 0 Å². The Labute approximate surface area is 113 Å². The van der Waals surface area contributed by atoms with E-state index < -0.39 is 6.00 Å². The zero-order valence-corrected chi connectivity index (χ0v) is 12.7. The van der Waals surface area contributed by atoms with Gasteiger partial charge in [0, 0.05) is 0 Å². The molecule has 0 aromatic heterocycles. The van der Waals surface area contributed by atoms with E-state index in [1.54, 1.807) is 6.08 Å². The summed E-state index contributed by atoms with van der Waals surface area (Å²) in [4.78, 5) is 9.98. The van der Waals surface area contributed by atoms with Gasteiger partial charge < -0.3 is 0 Å². The Morgan fingerprint density at radius 1 is 0.875 bits per heavy atom. The number of hydrogen-bond donors (Lipinski definition) is 0. The fourth-order valence-electron chi connectivity index (χ4n) is 1.45. The number of aldehydes is 1. The van der Waals surface area contributed by atoms with Crippen LogP contribution in [0.1, 0.15) is 44.9 Å². The molecule has 5 heteroatoms. The Kier molecular flexibility index (Phi) is 11.0. The van der Waals surface area contributed by atoms with E-state index in [9.17, 15) is 4.79 Å². The van der Waals surface area contributed by atoms with Crippen molar-refractivity contribution in [2.75, 3.05) is 0 Å². The van der Waals surface area contributed by atoms with E-state index in [0.717, 1.165) is 38.0 Å². The molecule has 0 aliphatic rings. The molecule has 0 atom stereocenters. The highest BCUT2D eigenvalue weighted by Gasteiger charge is 2.23. The number of halogens is 3. The molecule has 0 bridgehead atoms. The molecule has 0 aromatic rings. The molecule has 1 nitrogen and oxygen atoms in total. The van der Waals surface area contributed by atoms with Crippen molar-refractivity contribution < 1.29 is 4.79 Å². The molecule has 0 amide bonds. The van der Waals surface area contributed by atoms with Crippen LogP contribution in [0.15, 0.2) is 12.2 Å². The van der Waals surface area contributed by atoms with Gasteiger partial charge in [-0.3, -0.25) is 4.79 Å². The average Bonchev–Trinajstić information content (AvgIpc) is 2.19.